The quantitative estimate of drug-likeness (QED) is 0.540. The van der Waals surface area contributed by atoms with Crippen LogP contribution in [0.5, 0.6) is 0 Å². The summed E-state index contributed by atoms with van der Waals surface area (Å²) in [6.07, 6.45) is 0. The Labute approximate surface area is 100 Å². The molecule has 0 aliphatic carbocycles. The molecule has 1 aliphatic heterocycles. The molecule has 1 unspecified atom stereocenters. The molecular weight excluding hydrogens is 216 g/mol. The summed E-state index contributed by atoms with van der Waals surface area (Å²) in [7, 11) is 0. The third-order valence-electron chi connectivity index (χ3n) is 3.00. The summed E-state index contributed by atoms with van der Waals surface area (Å²) in [6, 6.07) is 9.24. The fourth-order valence-corrected chi connectivity index (χ4v) is 1.64. The lowest BCUT2D eigenvalue weighted by molar-refractivity contribution is -0.150. The zero-order valence-corrected chi connectivity index (χ0v) is 9.86. The van der Waals surface area contributed by atoms with Gasteiger partial charge in [-0.3, -0.25) is 0 Å². The summed E-state index contributed by atoms with van der Waals surface area (Å²) in [6.45, 7) is 3.71. The first-order chi connectivity index (χ1) is 7.96. The van der Waals surface area contributed by atoms with E-state index < -0.39 is 17.0 Å². The van der Waals surface area contributed by atoms with Gasteiger partial charge in [-0.1, -0.05) is 43.9 Å². The van der Waals surface area contributed by atoms with Gasteiger partial charge in [-0.15, -0.1) is 0 Å². The zero-order chi connectivity index (χ0) is 12.5. The van der Waals surface area contributed by atoms with Gasteiger partial charge in [0.2, 0.25) is 5.60 Å². The Morgan fingerprint density at radius 3 is 2.47 bits per heavy atom. The van der Waals surface area contributed by atoms with Gasteiger partial charge in [0.25, 0.3) is 0 Å². The number of benzene rings is 1. The molecule has 0 amide bonds. The van der Waals surface area contributed by atoms with Crippen molar-refractivity contribution in [3.63, 3.8) is 0 Å². The number of cyclic esters (lactones) is 1. The molecule has 1 aliphatic rings. The van der Waals surface area contributed by atoms with Crippen molar-refractivity contribution in [1.82, 2.24) is 0 Å². The second-order valence-electron chi connectivity index (χ2n) is 4.79. The highest BCUT2D eigenvalue weighted by Gasteiger charge is 2.56. The molecule has 0 bridgehead atoms. The Morgan fingerprint density at radius 1 is 1.29 bits per heavy atom. The molecule has 0 saturated carbocycles. The Balaban J connectivity index is 2.35. The van der Waals surface area contributed by atoms with E-state index in [4.69, 9.17) is 4.74 Å². The van der Waals surface area contributed by atoms with Gasteiger partial charge in [0.15, 0.2) is 0 Å². The smallest absolute Gasteiger partial charge is 0.351 e. The molecule has 0 aromatic heterocycles. The first-order valence-corrected chi connectivity index (χ1v) is 5.43. The predicted molar refractivity (Wildman–Crippen MR) is 63.0 cm³/mol. The molecule has 17 heavy (non-hydrogen) atoms. The van der Waals surface area contributed by atoms with Crippen LogP contribution in [-0.2, 0) is 9.53 Å². The molecule has 1 heterocycles. The number of carbonyl (C=O) groups is 1. The molecule has 1 fully saturated rings. The number of esters is 1. The summed E-state index contributed by atoms with van der Waals surface area (Å²) in [4.78, 5) is 11.6. The van der Waals surface area contributed by atoms with Crippen LogP contribution >= 0.6 is 0 Å². The lowest BCUT2D eigenvalue weighted by Gasteiger charge is -2.25. The molecule has 0 spiro atoms. The summed E-state index contributed by atoms with van der Waals surface area (Å²) >= 11 is 0. The second kappa shape index (κ2) is 3.90. The average Bonchev–Trinajstić information content (AvgIpc) is 2.52. The highest BCUT2D eigenvalue weighted by molar-refractivity contribution is 5.86. The molecule has 0 radical (unpaired) electrons. The van der Waals surface area contributed by atoms with Crippen LogP contribution in [0.2, 0.25) is 0 Å². The van der Waals surface area contributed by atoms with Gasteiger partial charge >= 0.3 is 5.97 Å². The van der Waals surface area contributed by atoms with Crippen LogP contribution in [0, 0.1) is 17.3 Å². The Morgan fingerprint density at radius 2 is 1.94 bits per heavy atom. The molecular formula is C14H14O3. The van der Waals surface area contributed by atoms with Crippen LogP contribution in [0.25, 0.3) is 0 Å². The summed E-state index contributed by atoms with van der Waals surface area (Å²) in [5.74, 6) is 4.80. The van der Waals surface area contributed by atoms with Crippen LogP contribution in [0.1, 0.15) is 19.4 Å². The van der Waals surface area contributed by atoms with E-state index in [0.29, 0.717) is 0 Å². The zero-order valence-electron chi connectivity index (χ0n) is 9.86. The van der Waals surface area contributed by atoms with Crippen LogP contribution in [0.3, 0.4) is 0 Å². The van der Waals surface area contributed by atoms with E-state index in [1.807, 2.05) is 30.3 Å². The predicted octanol–water partition coefficient (Wildman–Crippen LogP) is 1.35. The number of carbonyl (C=O) groups excluding carboxylic acids is 1. The molecule has 88 valence electrons. The third-order valence-corrected chi connectivity index (χ3v) is 3.00. The number of aliphatic hydroxyl groups is 1. The number of hydrogen-bond acceptors (Lipinski definition) is 3. The molecule has 3 heteroatoms. The molecule has 1 atom stereocenters. The van der Waals surface area contributed by atoms with E-state index in [-0.39, 0.29) is 6.61 Å². The molecule has 2 rings (SSSR count). The van der Waals surface area contributed by atoms with Gasteiger partial charge in [-0.2, -0.15) is 0 Å². The molecule has 1 N–H and O–H groups in total. The highest BCUT2D eigenvalue weighted by atomic mass is 16.6. The topological polar surface area (TPSA) is 46.5 Å². The first-order valence-electron chi connectivity index (χ1n) is 5.43. The van der Waals surface area contributed by atoms with Gasteiger partial charge in [-0.25, -0.2) is 4.79 Å². The summed E-state index contributed by atoms with van der Waals surface area (Å²) in [5, 5.41) is 10.3. The number of rotatable bonds is 0. The van der Waals surface area contributed by atoms with E-state index in [0.717, 1.165) is 5.56 Å². The van der Waals surface area contributed by atoms with Crippen molar-refractivity contribution < 1.29 is 14.6 Å². The number of ether oxygens (including phenoxy) is 1. The minimum Gasteiger partial charge on any atom is -0.462 e. The number of hydrogen-bond donors (Lipinski definition) is 1. The molecule has 1 aromatic rings. The Hall–Kier alpha value is -1.79. The van der Waals surface area contributed by atoms with E-state index in [1.165, 1.54) is 0 Å². The van der Waals surface area contributed by atoms with Crippen molar-refractivity contribution in [2.45, 2.75) is 19.4 Å². The summed E-state index contributed by atoms with van der Waals surface area (Å²) in [5.41, 5.74) is -1.65. The summed E-state index contributed by atoms with van der Waals surface area (Å²) < 4.78 is 4.88. The van der Waals surface area contributed by atoms with E-state index >= 15 is 0 Å². The highest BCUT2D eigenvalue weighted by Crippen LogP contribution is 2.37. The van der Waals surface area contributed by atoms with Gasteiger partial charge in [0.05, 0.1) is 5.41 Å². The molecule has 1 saturated heterocycles. The van der Waals surface area contributed by atoms with Gasteiger partial charge < -0.3 is 9.84 Å². The molecule has 3 nitrogen and oxygen atoms in total. The standard InChI is InChI=1S/C14H14O3/c1-13(2)10-17-12(15)14(13,16)9-8-11-6-4-3-5-7-11/h3-7,16H,10H2,1-2H3. The average molecular weight is 230 g/mol. The van der Waals surface area contributed by atoms with E-state index in [2.05, 4.69) is 11.8 Å². The first kappa shape index (κ1) is 11.7. The third kappa shape index (κ3) is 1.92. The second-order valence-corrected chi connectivity index (χ2v) is 4.79. The lowest BCUT2D eigenvalue weighted by Crippen LogP contribution is -2.45. The van der Waals surface area contributed by atoms with E-state index in [9.17, 15) is 9.90 Å². The van der Waals surface area contributed by atoms with Crippen molar-refractivity contribution in [3.05, 3.63) is 35.9 Å². The lowest BCUT2D eigenvalue weighted by atomic mass is 9.78. The monoisotopic (exact) mass is 230 g/mol. The van der Waals surface area contributed by atoms with Crippen LogP contribution in [-0.4, -0.2) is 23.3 Å². The van der Waals surface area contributed by atoms with Crippen molar-refractivity contribution in [1.29, 1.82) is 0 Å². The van der Waals surface area contributed by atoms with Gasteiger partial charge in [0.1, 0.15) is 6.61 Å². The SMILES string of the molecule is CC1(C)COC(=O)C1(O)C#Cc1ccccc1. The van der Waals surface area contributed by atoms with Crippen molar-refractivity contribution in [2.24, 2.45) is 5.41 Å². The van der Waals surface area contributed by atoms with Crippen molar-refractivity contribution in [2.75, 3.05) is 6.61 Å². The maximum Gasteiger partial charge on any atom is 0.351 e. The largest absolute Gasteiger partial charge is 0.462 e. The fourth-order valence-electron chi connectivity index (χ4n) is 1.64. The minimum absolute atomic E-state index is 0.186. The van der Waals surface area contributed by atoms with Crippen LogP contribution < -0.4 is 0 Å². The van der Waals surface area contributed by atoms with Crippen molar-refractivity contribution in [3.8, 4) is 11.8 Å². The maximum absolute atomic E-state index is 11.6. The van der Waals surface area contributed by atoms with Gasteiger partial charge in [-0.05, 0) is 12.1 Å². The van der Waals surface area contributed by atoms with Crippen molar-refractivity contribution >= 4 is 5.97 Å². The normalized spacial score (nSPS) is 25.9. The molecule has 1 aromatic carbocycles. The van der Waals surface area contributed by atoms with Crippen LogP contribution in [0.4, 0.5) is 0 Å². The van der Waals surface area contributed by atoms with Gasteiger partial charge in [0, 0.05) is 5.56 Å². The minimum atomic E-state index is -1.72. The fraction of sp³-hybridized carbons (Fsp3) is 0.357. The Kier molecular flexibility index (Phi) is 2.68. The Bertz CT molecular complexity index is 493. The maximum atomic E-state index is 11.6. The van der Waals surface area contributed by atoms with Crippen LogP contribution in [0.15, 0.2) is 30.3 Å². The van der Waals surface area contributed by atoms with E-state index in [1.54, 1.807) is 13.8 Å².